The predicted molar refractivity (Wildman–Crippen MR) is 215 cm³/mol. The Balaban J connectivity index is 1.13. The fourth-order valence-electron chi connectivity index (χ4n) is 6.94. The smallest absolute Gasteiger partial charge is 0.387 e. The van der Waals surface area contributed by atoms with Gasteiger partial charge in [0.2, 0.25) is 0 Å². The number of ether oxygens (including phenoxy) is 2. The van der Waals surface area contributed by atoms with Crippen LogP contribution in [0, 0.1) is 0 Å². The number of phosphoric ester groups is 1. The number of anilines is 1. The second-order valence-corrected chi connectivity index (χ2v) is 17.5. The zero-order valence-electron chi connectivity index (χ0n) is 32.4. The Labute approximate surface area is 326 Å². The maximum Gasteiger partial charge on any atom is 0.472 e. The highest BCUT2D eigenvalue weighted by Crippen LogP contribution is 2.46. The van der Waals surface area contributed by atoms with Gasteiger partial charge in [-0.3, -0.25) is 9.05 Å². The highest BCUT2D eigenvalue weighted by Gasteiger charge is 2.54. The number of thioether (sulfide) groups is 1. The van der Waals surface area contributed by atoms with Crippen molar-refractivity contribution in [2.45, 2.75) is 151 Å². The second kappa shape index (κ2) is 23.9. The maximum atomic E-state index is 13.0. The van der Waals surface area contributed by atoms with Gasteiger partial charge in [-0.15, -0.1) is 11.8 Å². The van der Waals surface area contributed by atoms with E-state index in [1.165, 1.54) is 101 Å². The molecule has 0 amide bonds. The van der Waals surface area contributed by atoms with E-state index in [9.17, 15) is 19.7 Å². The summed E-state index contributed by atoms with van der Waals surface area (Å²) in [6.45, 7) is 4.30. The number of rotatable bonds is 29. The van der Waals surface area contributed by atoms with Crippen molar-refractivity contribution in [3.8, 4) is 0 Å². The Morgan fingerprint density at radius 3 is 2.13 bits per heavy atom. The van der Waals surface area contributed by atoms with Crippen molar-refractivity contribution < 1.29 is 38.2 Å². The summed E-state index contributed by atoms with van der Waals surface area (Å²) in [4.78, 5) is 14.6. The zero-order valence-corrected chi connectivity index (χ0v) is 34.1. The molecule has 1 saturated heterocycles. The quantitative estimate of drug-likeness (QED) is 0.0392. The standard InChI is InChI=1S/C40H65N4O8PS/c1-3-4-5-6-7-8-9-10-11-12-13-14-15-16-17-21-26-49-27-33(54-30-32-22-19-18-20-23-32)28-50-53(47,48)51-29-35-37(45)38(46)40(2,52-35)36-25-24-34-39(41)42-31-43-44(34)36/h18-20,22-25,31,33,35,37-38,45-46H,3-17,21,26-30H2,1-2H3,(H,47,48)(H2,41,42,43)/t33-,35-,37-,38-,40+/m1/s1. The molecule has 54 heavy (non-hydrogen) atoms. The van der Waals surface area contributed by atoms with Gasteiger partial charge in [0, 0.05) is 12.4 Å². The molecule has 1 aliphatic rings. The van der Waals surface area contributed by atoms with Gasteiger partial charge in [-0.05, 0) is 31.0 Å². The SMILES string of the molecule is CCCCCCCCCCCCCCCCCCOC[C@H](COP(=O)(O)OC[C@H]1O[C@@](C)(c2ccc3c(N)ncnn23)[C@H](O)[C@@H]1O)SCc1ccccc1. The van der Waals surface area contributed by atoms with E-state index >= 15 is 0 Å². The molecule has 4 rings (SSSR count). The summed E-state index contributed by atoms with van der Waals surface area (Å²) in [7, 11) is -4.55. The number of nitrogens with two attached hydrogens (primary N) is 1. The summed E-state index contributed by atoms with van der Waals surface area (Å²) in [5.74, 6) is 0.939. The lowest BCUT2D eigenvalue weighted by Crippen LogP contribution is -2.39. The summed E-state index contributed by atoms with van der Waals surface area (Å²) in [6, 6.07) is 13.4. The molecule has 0 saturated carbocycles. The van der Waals surface area contributed by atoms with Crippen molar-refractivity contribution in [2.75, 3.05) is 32.2 Å². The first-order valence-corrected chi connectivity index (χ1v) is 22.7. The van der Waals surface area contributed by atoms with Crippen LogP contribution in [0.4, 0.5) is 5.82 Å². The summed E-state index contributed by atoms with van der Waals surface area (Å²) < 4.78 is 37.3. The molecule has 1 fully saturated rings. The number of aromatic nitrogens is 3. The van der Waals surface area contributed by atoms with Crippen LogP contribution in [-0.4, -0.2) is 79.7 Å². The normalized spacial score (nSPS) is 21.8. The maximum absolute atomic E-state index is 13.0. The zero-order chi connectivity index (χ0) is 38.7. The Bertz CT molecular complexity index is 1520. The molecule has 0 radical (unpaired) electrons. The third kappa shape index (κ3) is 14.5. The van der Waals surface area contributed by atoms with E-state index in [0.29, 0.717) is 30.2 Å². The van der Waals surface area contributed by atoms with Crippen molar-refractivity contribution in [3.63, 3.8) is 0 Å². The van der Waals surface area contributed by atoms with E-state index < -0.39 is 38.3 Å². The van der Waals surface area contributed by atoms with Crippen molar-refractivity contribution in [1.29, 1.82) is 0 Å². The van der Waals surface area contributed by atoms with Gasteiger partial charge >= 0.3 is 7.82 Å². The molecule has 3 aromatic rings. The molecule has 12 nitrogen and oxygen atoms in total. The number of nitrogen functional groups attached to an aromatic ring is 1. The van der Waals surface area contributed by atoms with Gasteiger partial charge in [0.1, 0.15) is 35.8 Å². The fraction of sp³-hybridized carbons (Fsp3) is 0.700. The van der Waals surface area contributed by atoms with Crippen molar-refractivity contribution in [1.82, 2.24) is 14.6 Å². The van der Waals surface area contributed by atoms with Gasteiger partial charge in [-0.2, -0.15) is 5.10 Å². The van der Waals surface area contributed by atoms with E-state index in [2.05, 4.69) is 17.0 Å². The number of hydrogen-bond acceptors (Lipinski definition) is 11. The first kappa shape index (κ1) is 44.7. The highest BCUT2D eigenvalue weighted by molar-refractivity contribution is 7.99. The number of phosphoric acid groups is 1. The molecule has 14 heteroatoms. The third-order valence-electron chi connectivity index (χ3n) is 10.3. The number of unbranched alkanes of at least 4 members (excludes halogenated alkanes) is 15. The van der Waals surface area contributed by atoms with Crippen LogP contribution in [0.25, 0.3) is 5.52 Å². The van der Waals surface area contributed by atoms with E-state index in [1.54, 1.807) is 30.8 Å². The minimum atomic E-state index is -4.55. The van der Waals surface area contributed by atoms with Crippen LogP contribution in [0.3, 0.4) is 0 Å². The van der Waals surface area contributed by atoms with Gasteiger partial charge in [0.05, 0.1) is 30.8 Å². The molecule has 1 aliphatic heterocycles. The first-order valence-electron chi connectivity index (χ1n) is 20.1. The lowest BCUT2D eigenvalue weighted by molar-refractivity contribution is -0.0888. The molecule has 1 unspecified atom stereocenters. The minimum absolute atomic E-state index is 0.0735. The fourth-order valence-corrected chi connectivity index (χ4v) is 8.79. The highest BCUT2D eigenvalue weighted by atomic mass is 32.2. The lowest BCUT2D eigenvalue weighted by Gasteiger charge is -2.27. The van der Waals surface area contributed by atoms with Gasteiger partial charge in [-0.1, -0.05) is 134 Å². The topological polar surface area (TPSA) is 171 Å². The average Bonchev–Trinajstić information content (AvgIpc) is 3.71. The van der Waals surface area contributed by atoms with Gasteiger partial charge in [0.25, 0.3) is 0 Å². The lowest BCUT2D eigenvalue weighted by atomic mass is 9.93. The molecule has 304 valence electrons. The van der Waals surface area contributed by atoms with Crippen LogP contribution in [0.2, 0.25) is 0 Å². The Morgan fingerprint density at radius 2 is 1.50 bits per heavy atom. The van der Waals surface area contributed by atoms with Crippen LogP contribution in [-0.2, 0) is 34.4 Å². The van der Waals surface area contributed by atoms with Gasteiger partial charge in [0.15, 0.2) is 5.82 Å². The molecule has 2 aromatic heterocycles. The summed E-state index contributed by atoms with van der Waals surface area (Å²) in [5.41, 5.74) is 6.62. The number of hydrogen-bond donors (Lipinski definition) is 4. The first-order chi connectivity index (χ1) is 26.1. The van der Waals surface area contributed by atoms with Crippen LogP contribution < -0.4 is 5.73 Å². The van der Waals surface area contributed by atoms with Crippen LogP contribution in [0.15, 0.2) is 48.8 Å². The van der Waals surface area contributed by atoms with Crippen LogP contribution >= 0.6 is 19.6 Å². The van der Waals surface area contributed by atoms with Crippen molar-refractivity contribution >= 4 is 30.9 Å². The molecule has 6 atom stereocenters. The second-order valence-electron chi connectivity index (χ2n) is 14.7. The van der Waals surface area contributed by atoms with Crippen molar-refractivity contribution in [3.05, 3.63) is 60.0 Å². The summed E-state index contributed by atoms with van der Waals surface area (Å²) >= 11 is 1.59. The third-order valence-corrected chi connectivity index (χ3v) is 12.4. The molecule has 5 N–H and O–H groups in total. The predicted octanol–water partition coefficient (Wildman–Crippen LogP) is 8.36. The number of fused-ring (bicyclic) bond motifs is 1. The minimum Gasteiger partial charge on any atom is -0.387 e. The molecular weight excluding hydrogens is 728 g/mol. The van der Waals surface area contributed by atoms with Gasteiger partial charge in [-0.25, -0.2) is 14.1 Å². The molecule has 0 bridgehead atoms. The van der Waals surface area contributed by atoms with Crippen LogP contribution in [0.1, 0.15) is 128 Å². The van der Waals surface area contributed by atoms with E-state index in [1.807, 2.05) is 30.3 Å². The molecule has 0 aliphatic carbocycles. The number of aliphatic hydroxyl groups excluding tert-OH is 2. The molecule has 3 heterocycles. The van der Waals surface area contributed by atoms with E-state index in [-0.39, 0.29) is 17.7 Å². The van der Waals surface area contributed by atoms with E-state index in [0.717, 1.165) is 18.4 Å². The van der Waals surface area contributed by atoms with Crippen molar-refractivity contribution in [2.24, 2.45) is 0 Å². The monoisotopic (exact) mass is 792 g/mol. The number of benzene rings is 1. The number of aliphatic hydroxyl groups is 2. The van der Waals surface area contributed by atoms with Gasteiger partial charge < -0.3 is 30.3 Å². The Morgan fingerprint density at radius 1 is 0.889 bits per heavy atom. The van der Waals surface area contributed by atoms with Crippen LogP contribution in [0.5, 0.6) is 0 Å². The Hall–Kier alpha value is -2.06. The molecular formula is C40H65N4O8PS. The summed E-state index contributed by atoms with van der Waals surface area (Å²) in [5, 5.41) is 25.8. The molecule has 1 aromatic carbocycles. The summed E-state index contributed by atoms with van der Waals surface area (Å²) in [6.07, 6.45) is 18.4. The largest absolute Gasteiger partial charge is 0.472 e. The Kier molecular flexibility index (Phi) is 19.7. The molecule has 0 spiro atoms. The van der Waals surface area contributed by atoms with E-state index in [4.69, 9.17) is 24.3 Å². The average molecular weight is 793 g/mol. The number of nitrogens with zero attached hydrogens (tertiary/aromatic N) is 3.